The molecule has 1 amide bonds. The molecule has 5 heteroatoms. The van der Waals surface area contributed by atoms with E-state index in [1.807, 2.05) is 4.90 Å². The van der Waals surface area contributed by atoms with Crippen LogP contribution >= 0.6 is 0 Å². The highest BCUT2D eigenvalue weighted by atomic mass is 16.5. The molecule has 0 atom stereocenters. The van der Waals surface area contributed by atoms with Gasteiger partial charge in [-0.2, -0.15) is 0 Å². The molecule has 0 radical (unpaired) electrons. The first-order valence-electron chi connectivity index (χ1n) is 6.67. The zero-order valence-corrected chi connectivity index (χ0v) is 10.4. The summed E-state index contributed by atoms with van der Waals surface area (Å²) >= 11 is 0. The van der Waals surface area contributed by atoms with E-state index >= 15 is 0 Å². The molecule has 0 aromatic rings. The number of hydrogen-bond acceptors (Lipinski definition) is 4. The van der Waals surface area contributed by atoms with Crippen LogP contribution < -0.4 is 10.6 Å². The van der Waals surface area contributed by atoms with Gasteiger partial charge in [-0.3, -0.25) is 4.79 Å². The summed E-state index contributed by atoms with van der Waals surface area (Å²) < 4.78 is 5.69. The molecule has 0 aromatic heterocycles. The summed E-state index contributed by atoms with van der Waals surface area (Å²) in [7, 11) is 0. The van der Waals surface area contributed by atoms with Crippen LogP contribution in [-0.2, 0) is 9.53 Å². The van der Waals surface area contributed by atoms with E-state index < -0.39 is 0 Å². The second kappa shape index (κ2) is 6.93. The lowest BCUT2D eigenvalue weighted by Gasteiger charge is -2.25. The van der Waals surface area contributed by atoms with Gasteiger partial charge in [-0.1, -0.05) is 0 Å². The molecule has 2 aliphatic heterocycles. The summed E-state index contributed by atoms with van der Waals surface area (Å²) in [4.78, 5) is 13.9. The Labute approximate surface area is 103 Å². The maximum Gasteiger partial charge on any atom is 0.248 e. The molecule has 0 unspecified atom stereocenters. The van der Waals surface area contributed by atoms with E-state index in [1.54, 1.807) is 0 Å². The first-order chi connectivity index (χ1) is 8.36. The van der Waals surface area contributed by atoms with Gasteiger partial charge in [-0.25, -0.2) is 0 Å². The van der Waals surface area contributed by atoms with E-state index in [0.29, 0.717) is 0 Å². The van der Waals surface area contributed by atoms with Crippen molar-refractivity contribution in [1.29, 1.82) is 0 Å². The van der Waals surface area contributed by atoms with Crippen LogP contribution in [0.4, 0.5) is 0 Å². The highest BCUT2D eigenvalue weighted by Crippen LogP contribution is 2.07. The largest absolute Gasteiger partial charge is 0.368 e. The van der Waals surface area contributed by atoms with Crippen molar-refractivity contribution < 1.29 is 9.53 Å². The van der Waals surface area contributed by atoms with Crippen molar-refractivity contribution in [2.75, 3.05) is 45.9 Å². The third kappa shape index (κ3) is 4.26. The number of nitrogens with one attached hydrogen (secondary N) is 2. The average molecular weight is 241 g/mol. The quantitative estimate of drug-likeness (QED) is 0.704. The van der Waals surface area contributed by atoms with Gasteiger partial charge in [0.25, 0.3) is 0 Å². The lowest BCUT2D eigenvalue weighted by molar-refractivity contribution is -0.138. The predicted octanol–water partition coefficient (Wildman–Crippen LogP) is -0.423. The first kappa shape index (κ1) is 12.8. The maximum atomic E-state index is 12.0. The lowest BCUT2D eigenvalue weighted by Crippen LogP contribution is -2.39. The Hall–Kier alpha value is -0.650. The first-order valence-corrected chi connectivity index (χ1v) is 6.67. The fraction of sp³-hybridized carbons (Fsp3) is 0.917. The monoisotopic (exact) mass is 241 g/mol. The number of carbonyl (C=O) groups excluding carboxylic acids is 1. The van der Waals surface area contributed by atoms with Gasteiger partial charge in [0.15, 0.2) is 0 Å². The third-order valence-electron chi connectivity index (χ3n) is 3.42. The summed E-state index contributed by atoms with van der Waals surface area (Å²) in [6.45, 7) is 5.86. The minimum atomic E-state index is 0.146. The Kier molecular flexibility index (Phi) is 5.22. The summed E-state index contributed by atoms with van der Waals surface area (Å²) in [5.74, 6) is 0.146. The number of amides is 1. The maximum absolute atomic E-state index is 12.0. The lowest BCUT2D eigenvalue weighted by atomic mass is 10.1. The highest BCUT2D eigenvalue weighted by molar-refractivity contribution is 5.77. The summed E-state index contributed by atoms with van der Waals surface area (Å²) in [6.07, 6.45) is 3.35. The number of nitrogens with zero attached hydrogens (tertiary/aromatic N) is 1. The van der Waals surface area contributed by atoms with Crippen molar-refractivity contribution in [3.63, 3.8) is 0 Å². The van der Waals surface area contributed by atoms with Gasteiger partial charge in [-0.15, -0.1) is 0 Å². The standard InChI is InChI=1S/C12H23N3O2/c16-12(15-8-1-4-13-7-9-15)10-17-11-2-5-14-6-3-11/h11,13-14H,1-10H2. The molecule has 2 N–H and O–H groups in total. The minimum absolute atomic E-state index is 0.146. The van der Waals surface area contributed by atoms with E-state index in [0.717, 1.165) is 58.5 Å². The van der Waals surface area contributed by atoms with E-state index in [2.05, 4.69) is 10.6 Å². The van der Waals surface area contributed by atoms with Gasteiger partial charge in [0, 0.05) is 19.6 Å². The summed E-state index contributed by atoms with van der Waals surface area (Å²) in [5, 5.41) is 6.58. The molecule has 0 bridgehead atoms. The third-order valence-corrected chi connectivity index (χ3v) is 3.42. The average Bonchev–Trinajstić information content (AvgIpc) is 2.66. The van der Waals surface area contributed by atoms with Gasteiger partial charge < -0.3 is 20.3 Å². The number of ether oxygens (including phenoxy) is 1. The Morgan fingerprint density at radius 3 is 2.71 bits per heavy atom. The molecular formula is C12H23N3O2. The van der Waals surface area contributed by atoms with Crippen LogP contribution in [0.25, 0.3) is 0 Å². The Balaban J connectivity index is 1.68. The van der Waals surface area contributed by atoms with Crippen molar-refractivity contribution >= 4 is 5.91 Å². The van der Waals surface area contributed by atoms with Gasteiger partial charge in [-0.05, 0) is 38.9 Å². The molecule has 0 aliphatic carbocycles. The highest BCUT2D eigenvalue weighted by Gasteiger charge is 2.18. The van der Waals surface area contributed by atoms with E-state index in [9.17, 15) is 4.79 Å². The molecule has 2 saturated heterocycles. The molecule has 5 nitrogen and oxygen atoms in total. The molecule has 2 fully saturated rings. The van der Waals surface area contributed by atoms with Crippen LogP contribution in [0, 0.1) is 0 Å². The minimum Gasteiger partial charge on any atom is -0.368 e. The van der Waals surface area contributed by atoms with Gasteiger partial charge in [0.1, 0.15) is 6.61 Å². The van der Waals surface area contributed by atoms with Crippen LogP contribution in [-0.4, -0.2) is 62.8 Å². The molecule has 0 spiro atoms. The molecular weight excluding hydrogens is 218 g/mol. The topological polar surface area (TPSA) is 53.6 Å². The molecule has 0 aromatic carbocycles. The fourth-order valence-electron chi connectivity index (χ4n) is 2.34. The number of carbonyl (C=O) groups is 1. The van der Waals surface area contributed by atoms with Crippen LogP contribution in [0.5, 0.6) is 0 Å². The van der Waals surface area contributed by atoms with Gasteiger partial charge in [0.05, 0.1) is 6.10 Å². The summed E-state index contributed by atoms with van der Waals surface area (Å²) in [5.41, 5.74) is 0. The SMILES string of the molecule is O=C(COC1CCNCC1)N1CCCNCC1. The van der Waals surface area contributed by atoms with Crippen molar-refractivity contribution in [3.05, 3.63) is 0 Å². The van der Waals surface area contributed by atoms with Crippen molar-refractivity contribution in [2.24, 2.45) is 0 Å². The van der Waals surface area contributed by atoms with E-state index in [4.69, 9.17) is 4.74 Å². The normalized spacial score (nSPS) is 23.4. The fourth-order valence-corrected chi connectivity index (χ4v) is 2.34. The molecule has 0 saturated carbocycles. The molecule has 2 aliphatic rings. The zero-order chi connectivity index (χ0) is 11.9. The molecule has 98 valence electrons. The molecule has 2 rings (SSSR count). The van der Waals surface area contributed by atoms with Gasteiger partial charge in [0.2, 0.25) is 5.91 Å². The predicted molar refractivity (Wildman–Crippen MR) is 65.9 cm³/mol. The van der Waals surface area contributed by atoms with Crippen LogP contribution in [0.15, 0.2) is 0 Å². The Bertz CT molecular complexity index is 234. The number of rotatable bonds is 3. The van der Waals surface area contributed by atoms with Crippen molar-refractivity contribution in [2.45, 2.75) is 25.4 Å². The van der Waals surface area contributed by atoms with E-state index in [1.165, 1.54) is 0 Å². The smallest absolute Gasteiger partial charge is 0.248 e. The zero-order valence-electron chi connectivity index (χ0n) is 10.4. The van der Waals surface area contributed by atoms with Crippen LogP contribution in [0.2, 0.25) is 0 Å². The second-order valence-corrected chi connectivity index (χ2v) is 4.74. The number of piperidine rings is 1. The number of hydrogen-bond donors (Lipinski definition) is 2. The Morgan fingerprint density at radius 2 is 1.88 bits per heavy atom. The van der Waals surface area contributed by atoms with Crippen molar-refractivity contribution in [1.82, 2.24) is 15.5 Å². The van der Waals surface area contributed by atoms with Crippen LogP contribution in [0.1, 0.15) is 19.3 Å². The molecule has 2 heterocycles. The van der Waals surface area contributed by atoms with Crippen LogP contribution in [0.3, 0.4) is 0 Å². The Morgan fingerprint density at radius 1 is 1.12 bits per heavy atom. The van der Waals surface area contributed by atoms with Crippen molar-refractivity contribution in [3.8, 4) is 0 Å². The summed E-state index contributed by atoms with van der Waals surface area (Å²) in [6, 6.07) is 0. The second-order valence-electron chi connectivity index (χ2n) is 4.74. The van der Waals surface area contributed by atoms with E-state index in [-0.39, 0.29) is 18.6 Å². The molecule has 17 heavy (non-hydrogen) atoms. The van der Waals surface area contributed by atoms with Gasteiger partial charge >= 0.3 is 0 Å².